The number of rotatable bonds is 3. The molecule has 2 aromatic carbocycles. The minimum Gasteiger partial charge on any atom is -0.271 e. The van der Waals surface area contributed by atoms with E-state index in [9.17, 15) is 4.39 Å². The summed E-state index contributed by atoms with van der Waals surface area (Å²) in [6.07, 6.45) is 2.79. The van der Waals surface area contributed by atoms with Crippen LogP contribution < -0.4 is 11.3 Å². The van der Waals surface area contributed by atoms with Crippen LogP contribution in [0.1, 0.15) is 17.2 Å². The maximum Gasteiger partial charge on any atom is 0.141 e. The van der Waals surface area contributed by atoms with E-state index in [1.165, 1.54) is 12.3 Å². The van der Waals surface area contributed by atoms with Crippen molar-refractivity contribution in [3.05, 3.63) is 77.9 Å². The molecule has 20 heavy (non-hydrogen) atoms. The van der Waals surface area contributed by atoms with Crippen LogP contribution in [0.2, 0.25) is 0 Å². The molecule has 0 radical (unpaired) electrons. The Kier molecular flexibility index (Phi) is 3.41. The second-order valence-corrected chi connectivity index (χ2v) is 4.64. The highest BCUT2D eigenvalue weighted by molar-refractivity contribution is 5.83. The molecule has 4 heteroatoms. The summed E-state index contributed by atoms with van der Waals surface area (Å²) in [5, 5.41) is 2.28. The van der Waals surface area contributed by atoms with E-state index in [0.29, 0.717) is 5.56 Å². The zero-order chi connectivity index (χ0) is 13.9. The third kappa shape index (κ3) is 2.39. The van der Waals surface area contributed by atoms with Crippen LogP contribution in [-0.2, 0) is 0 Å². The molecule has 3 aromatic rings. The molecule has 0 spiro atoms. The summed E-state index contributed by atoms with van der Waals surface area (Å²) in [5.74, 6) is 5.26. The number of nitrogens with one attached hydrogen (secondary N) is 1. The van der Waals surface area contributed by atoms with Crippen molar-refractivity contribution in [1.82, 2.24) is 10.4 Å². The van der Waals surface area contributed by atoms with Gasteiger partial charge < -0.3 is 0 Å². The molecule has 1 atom stereocenters. The Hall–Kier alpha value is -2.30. The Labute approximate surface area is 116 Å². The summed E-state index contributed by atoms with van der Waals surface area (Å²) in [6.45, 7) is 0. The number of benzene rings is 2. The summed E-state index contributed by atoms with van der Waals surface area (Å²) >= 11 is 0. The standard InChI is InChI=1S/C16H14FN3/c17-15-8-14(9-19-10-15)16(20-18)13-6-5-11-3-1-2-4-12(11)7-13/h1-10,16,20H,18H2. The Morgan fingerprint density at radius 1 is 0.950 bits per heavy atom. The van der Waals surface area contributed by atoms with Gasteiger partial charge in [-0.05, 0) is 34.0 Å². The minimum absolute atomic E-state index is 0.289. The number of aromatic nitrogens is 1. The molecule has 0 saturated heterocycles. The van der Waals surface area contributed by atoms with E-state index < -0.39 is 0 Å². The first kappa shape index (κ1) is 12.7. The minimum atomic E-state index is -0.372. The van der Waals surface area contributed by atoms with Crippen LogP contribution in [0.3, 0.4) is 0 Å². The molecule has 100 valence electrons. The van der Waals surface area contributed by atoms with Gasteiger partial charge in [0.15, 0.2) is 0 Å². The second-order valence-electron chi connectivity index (χ2n) is 4.64. The van der Waals surface area contributed by atoms with Crippen molar-refractivity contribution in [1.29, 1.82) is 0 Å². The van der Waals surface area contributed by atoms with E-state index in [2.05, 4.69) is 10.4 Å². The van der Waals surface area contributed by atoms with Gasteiger partial charge in [0, 0.05) is 6.20 Å². The van der Waals surface area contributed by atoms with Crippen molar-refractivity contribution in [3.8, 4) is 0 Å². The molecule has 3 rings (SSSR count). The van der Waals surface area contributed by atoms with E-state index in [1.54, 1.807) is 6.20 Å². The van der Waals surface area contributed by atoms with Gasteiger partial charge in [0.25, 0.3) is 0 Å². The highest BCUT2D eigenvalue weighted by Crippen LogP contribution is 2.25. The van der Waals surface area contributed by atoms with Gasteiger partial charge in [0.2, 0.25) is 0 Å². The summed E-state index contributed by atoms with van der Waals surface area (Å²) in [6, 6.07) is 15.3. The fraction of sp³-hybridized carbons (Fsp3) is 0.0625. The number of nitrogens with zero attached hydrogens (tertiary/aromatic N) is 1. The van der Waals surface area contributed by atoms with E-state index in [4.69, 9.17) is 5.84 Å². The van der Waals surface area contributed by atoms with Crippen molar-refractivity contribution in [2.45, 2.75) is 6.04 Å². The number of hydrogen-bond donors (Lipinski definition) is 2. The lowest BCUT2D eigenvalue weighted by Crippen LogP contribution is -2.29. The van der Waals surface area contributed by atoms with Gasteiger partial charge in [0.05, 0.1) is 12.2 Å². The van der Waals surface area contributed by atoms with Crippen LogP contribution in [-0.4, -0.2) is 4.98 Å². The number of fused-ring (bicyclic) bond motifs is 1. The first-order chi connectivity index (χ1) is 9.78. The quantitative estimate of drug-likeness (QED) is 0.566. The van der Waals surface area contributed by atoms with Gasteiger partial charge in [-0.2, -0.15) is 0 Å². The predicted octanol–water partition coefficient (Wildman–Crippen LogP) is 2.93. The molecule has 1 heterocycles. The number of nitrogens with two attached hydrogens (primary N) is 1. The molecule has 3 nitrogen and oxygen atoms in total. The van der Waals surface area contributed by atoms with E-state index >= 15 is 0 Å². The molecule has 0 aliphatic carbocycles. The van der Waals surface area contributed by atoms with Gasteiger partial charge >= 0.3 is 0 Å². The lowest BCUT2D eigenvalue weighted by Gasteiger charge is -2.17. The summed E-state index contributed by atoms with van der Waals surface area (Å²) in [7, 11) is 0. The average molecular weight is 267 g/mol. The normalized spacial score (nSPS) is 12.5. The molecule has 0 bridgehead atoms. The first-order valence-corrected chi connectivity index (χ1v) is 6.33. The summed E-state index contributed by atoms with van der Waals surface area (Å²) < 4.78 is 13.3. The van der Waals surface area contributed by atoms with Crippen molar-refractivity contribution >= 4 is 10.8 Å². The highest BCUT2D eigenvalue weighted by Gasteiger charge is 2.13. The number of hydrogen-bond acceptors (Lipinski definition) is 3. The molecule has 0 fully saturated rings. The van der Waals surface area contributed by atoms with Crippen LogP contribution in [0.4, 0.5) is 4.39 Å². The van der Waals surface area contributed by atoms with Gasteiger partial charge in [0.1, 0.15) is 5.82 Å². The van der Waals surface area contributed by atoms with Crippen molar-refractivity contribution in [2.24, 2.45) is 5.84 Å². The summed E-state index contributed by atoms with van der Waals surface area (Å²) in [4.78, 5) is 3.87. The topological polar surface area (TPSA) is 50.9 Å². The van der Waals surface area contributed by atoms with E-state index in [-0.39, 0.29) is 11.9 Å². The molecule has 3 N–H and O–H groups in total. The maximum atomic E-state index is 13.3. The molecule has 1 unspecified atom stereocenters. The first-order valence-electron chi connectivity index (χ1n) is 6.33. The SMILES string of the molecule is NNC(c1cncc(F)c1)c1ccc2ccccc2c1. The molecular weight excluding hydrogens is 253 g/mol. The molecular formula is C16H14FN3. The zero-order valence-corrected chi connectivity index (χ0v) is 10.8. The van der Waals surface area contributed by atoms with E-state index in [0.717, 1.165) is 16.3 Å². The lowest BCUT2D eigenvalue weighted by molar-refractivity contribution is 0.598. The van der Waals surface area contributed by atoms with Gasteiger partial charge in [-0.15, -0.1) is 0 Å². The maximum absolute atomic E-state index is 13.3. The Bertz CT molecular complexity index is 742. The second kappa shape index (κ2) is 5.36. The van der Waals surface area contributed by atoms with Gasteiger partial charge in [-0.25, -0.2) is 9.82 Å². The highest BCUT2D eigenvalue weighted by atomic mass is 19.1. The van der Waals surface area contributed by atoms with Crippen LogP contribution in [0.5, 0.6) is 0 Å². The van der Waals surface area contributed by atoms with E-state index in [1.807, 2.05) is 42.5 Å². The smallest absolute Gasteiger partial charge is 0.141 e. The monoisotopic (exact) mass is 267 g/mol. The number of pyridine rings is 1. The predicted molar refractivity (Wildman–Crippen MR) is 77.3 cm³/mol. The van der Waals surface area contributed by atoms with Gasteiger partial charge in [-0.1, -0.05) is 36.4 Å². The van der Waals surface area contributed by atoms with Crippen LogP contribution in [0, 0.1) is 5.82 Å². The number of hydrazine groups is 1. The molecule has 0 aliphatic rings. The fourth-order valence-corrected chi connectivity index (χ4v) is 2.36. The van der Waals surface area contributed by atoms with Crippen molar-refractivity contribution < 1.29 is 4.39 Å². The van der Waals surface area contributed by atoms with Gasteiger partial charge in [-0.3, -0.25) is 10.8 Å². The Morgan fingerprint density at radius 2 is 1.75 bits per heavy atom. The third-order valence-corrected chi connectivity index (χ3v) is 3.33. The Balaban J connectivity index is 2.07. The Morgan fingerprint density at radius 3 is 2.50 bits per heavy atom. The van der Waals surface area contributed by atoms with Crippen LogP contribution >= 0.6 is 0 Å². The summed E-state index contributed by atoms with van der Waals surface area (Å²) in [5.41, 5.74) is 4.39. The van der Waals surface area contributed by atoms with Crippen molar-refractivity contribution in [2.75, 3.05) is 0 Å². The zero-order valence-electron chi connectivity index (χ0n) is 10.8. The molecule has 0 amide bonds. The molecule has 0 saturated carbocycles. The average Bonchev–Trinajstić information content (AvgIpc) is 2.48. The third-order valence-electron chi connectivity index (χ3n) is 3.33. The fourth-order valence-electron chi connectivity index (χ4n) is 2.36. The largest absolute Gasteiger partial charge is 0.271 e. The van der Waals surface area contributed by atoms with Crippen LogP contribution in [0.15, 0.2) is 60.9 Å². The lowest BCUT2D eigenvalue weighted by atomic mass is 9.98. The number of halogens is 1. The molecule has 1 aromatic heterocycles. The van der Waals surface area contributed by atoms with Crippen LogP contribution in [0.25, 0.3) is 10.8 Å². The molecule has 0 aliphatic heterocycles. The van der Waals surface area contributed by atoms with Crippen molar-refractivity contribution in [3.63, 3.8) is 0 Å².